The highest BCUT2D eigenvalue weighted by molar-refractivity contribution is 9.09. The van der Waals surface area contributed by atoms with Crippen LogP contribution in [0.5, 0.6) is 5.75 Å². The minimum absolute atomic E-state index is 0.154. The number of halogens is 3. The Bertz CT molecular complexity index is 380. The largest absolute Gasteiger partial charge is 0.482 e. The molecular weight excluding hydrogens is 294 g/mol. The molecule has 0 radical (unpaired) electrons. The summed E-state index contributed by atoms with van der Waals surface area (Å²) >= 11 is 3.43. The van der Waals surface area contributed by atoms with Crippen molar-refractivity contribution in [2.24, 2.45) is 0 Å². The zero-order valence-corrected chi connectivity index (χ0v) is 10.9. The van der Waals surface area contributed by atoms with Gasteiger partial charge in [0.25, 0.3) is 0 Å². The van der Waals surface area contributed by atoms with E-state index in [9.17, 15) is 8.78 Å². The average Bonchev–Trinajstić information content (AvgIpc) is 2.29. The molecule has 0 spiro atoms. The molecule has 3 unspecified atom stereocenters. The topological polar surface area (TPSA) is 18.5 Å². The van der Waals surface area contributed by atoms with Crippen molar-refractivity contribution in [3.8, 4) is 5.75 Å². The van der Waals surface area contributed by atoms with E-state index < -0.39 is 11.6 Å². The van der Waals surface area contributed by atoms with E-state index in [1.165, 1.54) is 18.2 Å². The van der Waals surface area contributed by atoms with Gasteiger partial charge in [0.15, 0.2) is 17.4 Å². The van der Waals surface area contributed by atoms with Crippen LogP contribution in [0.4, 0.5) is 8.78 Å². The van der Waals surface area contributed by atoms with Crippen LogP contribution in [-0.4, -0.2) is 23.6 Å². The van der Waals surface area contributed by atoms with E-state index in [-0.39, 0.29) is 22.8 Å². The van der Waals surface area contributed by atoms with Gasteiger partial charge in [-0.2, -0.15) is 0 Å². The summed E-state index contributed by atoms with van der Waals surface area (Å²) in [5.41, 5.74) is 0. The molecular formula is C12H13BrF2O2. The van der Waals surface area contributed by atoms with Crippen LogP contribution >= 0.6 is 15.9 Å². The Balaban J connectivity index is 2.06. The molecule has 1 aromatic rings. The molecule has 0 heterocycles. The second-order valence-corrected chi connectivity index (χ2v) is 5.05. The Morgan fingerprint density at radius 1 is 1.35 bits per heavy atom. The van der Waals surface area contributed by atoms with Crippen molar-refractivity contribution in [3.63, 3.8) is 0 Å². The van der Waals surface area contributed by atoms with Crippen molar-refractivity contribution in [1.29, 1.82) is 0 Å². The van der Waals surface area contributed by atoms with Crippen LogP contribution in [0.3, 0.4) is 0 Å². The van der Waals surface area contributed by atoms with Crippen LogP contribution in [0.2, 0.25) is 0 Å². The summed E-state index contributed by atoms with van der Waals surface area (Å²) in [7, 11) is 0. The molecule has 0 saturated heterocycles. The summed E-state index contributed by atoms with van der Waals surface area (Å²) in [5.74, 6) is -1.68. The molecule has 94 valence electrons. The van der Waals surface area contributed by atoms with E-state index in [1.807, 2.05) is 6.92 Å². The lowest BCUT2D eigenvalue weighted by molar-refractivity contribution is -0.0745. The molecule has 1 aromatic carbocycles. The standard InChI is InChI=1S/C12H13BrF2O2/c1-2-16-11-7(13)6-10(11)17-12-8(14)4-3-5-9(12)15/h3-5,7,10-11H,2,6H2,1H3. The molecule has 5 heteroatoms. The molecule has 1 aliphatic carbocycles. The summed E-state index contributed by atoms with van der Waals surface area (Å²) < 4.78 is 37.5. The maximum atomic E-state index is 13.4. The van der Waals surface area contributed by atoms with Crippen LogP contribution in [0.1, 0.15) is 13.3 Å². The molecule has 0 N–H and O–H groups in total. The minimum atomic E-state index is -0.682. The molecule has 2 rings (SSSR count). The van der Waals surface area contributed by atoms with Gasteiger partial charge in [-0.15, -0.1) is 0 Å². The van der Waals surface area contributed by atoms with Crippen LogP contribution in [-0.2, 0) is 4.74 Å². The number of rotatable bonds is 4. The Hall–Kier alpha value is -0.680. The van der Waals surface area contributed by atoms with Crippen molar-refractivity contribution in [2.45, 2.75) is 30.4 Å². The maximum Gasteiger partial charge on any atom is 0.191 e. The second kappa shape index (κ2) is 5.31. The van der Waals surface area contributed by atoms with Gasteiger partial charge in [0.05, 0.1) is 0 Å². The van der Waals surface area contributed by atoms with E-state index in [0.717, 1.165) is 0 Å². The van der Waals surface area contributed by atoms with Gasteiger partial charge in [-0.3, -0.25) is 0 Å². The molecule has 1 fully saturated rings. The monoisotopic (exact) mass is 306 g/mol. The third-order valence-corrected chi connectivity index (χ3v) is 3.62. The first-order chi connectivity index (χ1) is 8.13. The van der Waals surface area contributed by atoms with Crippen molar-refractivity contribution in [1.82, 2.24) is 0 Å². The van der Waals surface area contributed by atoms with Crippen molar-refractivity contribution >= 4 is 15.9 Å². The van der Waals surface area contributed by atoms with Crippen molar-refractivity contribution in [3.05, 3.63) is 29.8 Å². The Morgan fingerprint density at radius 3 is 2.53 bits per heavy atom. The molecule has 17 heavy (non-hydrogen) atoms. The fourth-order valence-electron chi connectivity index (χ4n) is 1.79. The highest BCUT2D eigenvalue weighted by atomic mass is 79.9. The van der Waals surface area contributed by atoms with Gasteiger partial charge in [-0.1, -0.05) is 22.0 Å². The molecule has 3 atom stereocenters. The summed E-state index contributed by atoms with van der Waals surface area (Å²) in [6, 6.07) is 3.67. The molecule has 0 aromatic heterocycles. The fourth-order valence-corrected chi connectivity index (χ4v) is 2.65. The third kappa shape index (κ3) is 2.60. The van der Waals surface area contributed by atoms with Gasteiger partial charge in [-0.05, 0) is 19.1 Å². The van der Waals surface area contributed by atoms with E-state index in [2.05, 4.69) is 15.9 Å². The number of para-hydroxylation sites is 1. The SMILES string of the molecule is CCOC1C(Br)CC1Oc1c(F)cccc1F. The highest BCUT2D eigenvalue weighted by Gasteiger charge is 2.42. The van der Waals surface area contributed by atoms with Gasteiger partial charge < -0.3 is 9.47 Å². The number of benzene rings is 1. The Morgan fingerprint density at radius 2 is 2.00 bits per heavy atom. The smallest absolute Gasteiger partial charge is 0.191 e. The first kappa shape index (κ1) is 12.8. The van der Waals surface area contributed by atoms with Crippen molar-refractivity contribution in [2.75, 3.05) is 6.61 Å². The van der Waals surface area contributed by atoms with Gasteiger partial charge in [0.2, 0.25) is 0 Å². The lowest BCUT2D eigenvalue weighted by Gasteiger charge is -2.40. The number of alkyl halides is 1. The number of hydrogen-bond acceptors (Lipinski definition) is 2. The predicted octanol–water partition coefficient (Wildman–Crippen LogP) is 3.28. The lowest BCUT2D eigenvalue weighted by atomic mass is 9.91. The molecule has 0 aliphatic heterocycles. The Labute approximate surface area is 107 Å². The van der Waals surface area contributed by atoms with Crippen LogP contribution < -0.4 is 4.74 Å². The lowest BCUT2D eigenvalue weighted by Crippen LogP contribution is -2.52. The van der Waals surface area contributed by atoms with E-state index in [0.29, 0.717) is 13.0 Å². The fraction of sp³-hybridized carbons (Fsp3) is 0.500. The highest BCUT2D eigenvalue weighted by Crippen LogP contribution is 2.35. The van der Waals surface area contributed by atoms with Crippen LogP contribution in [0, 0.1) is 11.6 Å². The first-order valence-corrected chi connectivity index (χ1v) is 6.41. The average molecular weight is 307 g/mol. The zero-order chi connectivity index (χ0) is 12.4. The van der Waals surface area contributed by atoms with E-state index in [4.69, 9.17) is 9.47 Å². The summed E-state index contributed by atoms with van der Waals surface area (Å²) in [4.78, 5) is 0.183. The number of hydrogen-bond donors (Lipinski definition) is 0. The second-order valence-electron chi connectivity index (χ2n) is 3.88. The normalized spacial score (nSPS) is 27.6. The van der Waals surface area contributed by atoms with Crippen molar-refractivity contribution < 1.29 is 18.3 Å². The Kier molecular flexibility index (Phi) is 3.99. The maximum absolute atomic E-state index is 13.4. The molecule has 1 saturated carbocycles. The van der Waals surface area contributed by atoms with Gasteiger partial charge in [-0.25, -0.2) is 8.78 Å². The number of ether oxygens (including phenoxy) is 2. The van der Waals surface area contributed by atoms with E-state index in [1.54, 1.807) is 0 Å². The summed E-state index contributed by atoms with van der Waals surface area (Å²) in [6.45, 7) is 2.42. The van der Waals surface area contributed by atoms with Crippen LogP contribution in [0.25, 0.3) is 0 Å². The predicted molar refractivity (Wildman–Crippen MR) is 63.5 cm³/mol. The first-order valence-electron chi connectivity index (χ1n) is 5.49. The quantitative estimate of drug-likeness (QED) is 0.795. The zero-order valence-electron chi connectivity index (χ0n) is 9.33. The van der Waals surface area contributed by atoms with Gasteiger partial charge in [0.1, 0.15) is 12.2 Å². The third-order valence-electron chi connectivity index (χ3n) is 2.73. The van der Waals surface area contributed by atoms with Gasteiger partial charge in [0, 0.05) is 17.9 Å². The van der Waals surface area contributed by atoms with Gasteiger partial charge >= 0.3 is 0 Å². The molecule has 0 bridgehead atoms. The molecule has 2 nitrogen and oxygen atoms in total. The summed E-state index contributed by atoms with van der Waals surface area (Å²) in [5, 5.41) is 0. The minimum Gasteiger partial charge on any atom is -0.482 e. The van der Waals surface area contributed by atoms with E-state index >= 15 is 0 Å². The molecule has 1 aliphatic rings. The molecule has 0 amide bonds. The van der Waals surface area contributed by atoms with Crippen LogP contribution in [0.15, 0.2) is 18.2 Å². The summed E-state index contributed by atoms with van der Waals surface area (Å²) in [6.07, 6.45) is 0.225.